The van der Waals surface area contributed by atoms with Crippen molar-refractivity contribution in [3.63, 3.8) is 0 Å². The average Bonchev–Trinajstić information content (AvgIpc) is 2.94. The van der Waals surface area contributed by atoms with Gasteiger partial charge in [0.05, 0.1) is 12.2 Å². The Morgan fingerprint density at radius 3 is 2.96 bits per heavy atom. The van der Waals surface area contributed by atoms with Gasteiger partial charge in [-0.05, 0) is 17.7 Å². The number of nitrogens with zero attached hydrogens (tertiary/aromatic N) is 1. The van der Waals surface area contributed by atoms with Crippen LogP contribution in [0.15, 0.2) is 24.3 Å². The zero-order valence-electron chi connectivity index (χ0n) is 12.7. The van der Waals surface area contributed by atoms with Crippen LogP contribution in [0.1, 0.15) is 24.0 Å². The molecular formula is C16H18FN3O3. The minimum absolute atomic E-state index is 0.0588. The summed E-state index contributed by atoms with van der Waals surface area (Å²) in [7, 11) is 0. The molecular weight excluding hydrogens is 301 g/mol. The van der Waals surface area contributed by atoms with Gasteiger partial charge in [-0.15, -0.1) is 0 Å². The fourth-order valence-electron chi connectivity index (χ4n) is 2.71. The number of halogens is 1. The minimum atomic E-state index is -0.288. The third-order valence-electron chi connectivity index (χ3n) is 4.04. The topological polar surface area (TPSA) is 70.7 Å². The van der Waals surface area contributed by atoms with Crippen molar-refractivity contribution in [2.45, 2.75) is 18.9 Å². The SMILES string of the molecule is CC(=O)NCC1C=C(c2ccc(C3CN(C=O)C3)c(F)c2)NO1. The standard InChI is InChI=1S/C16H18FN3O3/c1-10(22)18-6-13-5-16(19-23-13)11-2-3-14(15(17)4-11)12-7-20(8-12)9-21/h2-5,9,12-13,19H,6-8H2,1H3,(H,18,22). The number of hydroxylamine groups is 1. The van der Waals surface area contributed by atoms with Crippen molar-refractivity contribution in [3.8, 4) is 0 Å². The lowest BCUT2D eigenvalue weighted by atomic mass is 9.90. The van der Waals surface area contributed by atoms with Gasteiger partial charge in [-0.2, -0.15) is 0 Å². The summed E-state index contributed by atoms with van der Waals surface area (Å²) >= 11 is 0. The lowest BCUT2D eigenvalue weighted by Crippen LogP contribution is -2.44. The number of likely N-dealkylation sites (tertiary alicyclic amines) is 1. The fraction of sp³-hybridized carbons (Fsp3) is 0.375. The molecule has 2 aliphatic heterocycles. The van der Waals surface area contributed by atoms with Crippen LogP contribution in [0.4, 0.5) is 4.39 Å². The summed E-state index contributed by atoms with van der Waals surface area (Å²) in [5, 5.41) is 2.66. The van der Waals surface area contributed by atoms with E-state index in [4.69, 9.17) is 4.84 Å². The molecule has 2 aliphatic rings. The summed E-state index contributed by atoms with van der Waals surface area (Å²) in [6.45, 7) is 2.91. The van der Waals surface area contributed by atoms with Gasteiger partial charge in [-0.25, -0.2) is 4.39 Å². The number of carbonyl (C=O) groups is 2. The van der Waals surface area contributed by atoms with Crippen LogP contribution in [0.25, 0.3) is 5.70 Å². The first-order chi connectivity index (χ1) is 11.1. The zero-order valence-corrected chi connectivity index (χ0v) is 12.7. The van der Waals surface area contributed by atoms with Gasteiger partial charge in [-0.1, -0.05) is 12.1 Å². The summed E-state index contributed by atoms with van der Waals surface area (Å²) in [5.41, 5.74) is 4.74. The van der Waals surface area contributed by atoms with Crippen LogP contribution in [0.2, 0.25) is 0 Å². The van der Waals surface area contributed by atoms with E-state index in [9.17, 15) is 14.0 Å². The molecule has 0 aromatic heterocycles. The molecule has 2 heterocycles. The number of benzene rings is 1. The molecule has 1 aromatic carbocycles. The molecule has 0 radical (unpaired) electrons. The Labute approximate surface area is 133 Å². The van der Waals surface area contributed by atoms with Crippen molar-refractivity contribution in [2.24, 2.45) is 0 Å². The Morgan fingerprint density at radius 1 is 1.52 bits per heavy atom. The first kappa shape index (κ1) is 15.5. The first-order valence-corrected chi connectivity index (χ1v) is 7.44. The molecule has 6 nitrogen and oxygen atoms in total. The summed E-state index contributed by atoms with van der Waals surface area (Å²) in [6, 6.07) is 5.04. The van der Waals surface area contributed by atoms with Crippen molar-refractivity contribution in [1.82, 2.24) is 15.7 Å². The van der Waals surface area contributed by atoms with Crippen LogP contribution in [0, 0.1) is 5.82 Å². The second-order valence-corrected chi connectivity index (χ2v) is 5.77. The molecule has 0 bridgehead atoms. The molecule has 23 heavy (non-hydrogen) atoms. The maximum absolute atomic E-state index is 14.3. The lowest BCUT2D eigenvalue weighted by Gasteiger charge is -2.36. The monoisotopic (exact) mass is 319 g/mol. The number of hydrogen-bond donors (Lipinski definition) is 2. The normalized spacial score (nSPS) is 20.5. The first-order valence-electron chi connectivity index (χ1n) is 7.44. The molecule has 1 saturated heterocycles. The smallest absolute Gasteiger partial charge is 0.216 e. The molecule has 7 heteroatoms. The predicted octanol–water partition coefficient (Wildman–Crippen LogP) is 0.762. The van der Waals surface area contributed by atoms with Crippen molar-refractivity contribution >= 4 is 18.0 Å². The average molecular weight is 319 g/mol. The molecule has 1 aromatic rings. The van der Waals surface area contributed by atoms with Gasteiger partial charge in [0.1, 0.15) is 11.9 Å². The van der Waals surface area contributed by atoms with Crippen LogP contribution < -0.4 is 10.8 Å². The molecule has 1 unspecified atom stereocenters. The highest BCUT2D eigenvalue weighted by atomic mass is 19.1. The van der Waals surface area contributed by atoms with Gasteiger partial charge in [0.2, 0.25) is 12.3 Å². The second-order valence-electron chi connectivity index (χ2n) is 5.77. The van der Waals surface area contributed by atoms with Crippen LogP contribution in [0.5, 0.6) is 0 Å². The number of amides is 2. The Bertz CT molecular complexity index is 656. The highest BCUT2D eigenvalue weighted by Gasteiger charge is 2.29. The molecule has 122 valence electrons. The van der Waals surface area contributed by atoms with E-state index >= 15 is 0 Å². The van der Waals surface area contributed by atoms with E-state index in [1.807, 2.05) is 12.1 Å². The minimum Gasteiger partial charge on any atom is -0.353 e. The van der Waals surface area contributed by atoms with E-state index in [0.29, 0.717) is 36.5 Å². The van der Waals surface area contributed by atoms with Gasteiger partial charge in [0.25, 0.3) is 0 Å². The van der Waals surface area contributed by atoms with Crippen molar-refractivity contribution in [2.75, 3.05) is 19.6 Å². The van der Waals surface area contributed by atoms with Crippen LogP contribution >= 0.6 is 0 Å². The number of hydrogen-bond acceptors (Lipinski definition) is 4. The summed E-state index contributed by atoms with van der Waals surface area (Å²) in [4.78, 5) is 28.4. The summed E-state index contributed by atoms with van der Waals surface area (Å²) < 4.78 is 14.3. The molecule has 2 N–H and O–H groups in total. The van der Waals surface area contributed by atoms with Gasteiger partial charge in [0, 0.05) is 31.5 Å². The molecule has 0 saturated carbocycles. The second kappa shape index (κ2) is 6.37. The molecule has 0 spiro atoms. The van der Waals surface area contributed by atoms with Gasteiger partial charge < -0.3 is 10.2 Å². The van der Waals surface area contributed by atoms with Crippen LogP contribution in [-0.2, 0) is 14.4 Å². The van der Waals surface area contributed by atoms with E-state index in [1.54, 1.807) is 11.0 Å². The van der Waals surface area contributed by atoms with Crippen molar-refractivity contribution in [1.29, 1.82) is 0 Å². The Balaban J connectivity index is 1.67. The van der Waals surface area contributed by atoms with E-state index in [0.717, 1.165) is 6.41 Å². The van der Waals surface area contributed by atoms with E-state index in [-0.39, 0.29) is 23.7 Å². The maximum Gasteiger partial charge on any atom is 0.216 e. The zero-order chi connectivity index (χ0) is 16.4. The maximum atomic E-state index is 14.3. The van der Waals surface area contributed by atoms with Crippen molar-refractivity contribution < 1.29 is 18.8 Å². The fourth-order valence-corrected chi connectivity index (χ4v) is 2.71. The highest BCUT2D eigenvalue weighted by Crippen LogP contribution is 2.30. The van der Waals surface area contributed by atoms with E-state index in [1.165, 1.54) is 13.0 Å². The Kier molecular flexibility index (Phi) is 4.29. The highest BCUT2D eigenvalue weighted by molar-refractivity contribution is 5.73. The van der Waals surface area contributed by atoms with E-state index < -0.39 is 0 Å². The third kappa shape index (κ3) is 3.34. The van der Waals surface area contributed by atoms with E-state index in [2.05, 4.69) is 10.8 Å². The number of nitrogens with one attached hydrogen (secondary N) is 2. The number of carbonyl (C=O) groups excluding carboxylic acids is 2. The molecule has 0 aliphatic carbocycles. The Hall–Kier alpha value is -2.41. The molecule has 1 fully saturated rings. The predicted molar refractivity (Wildman–Crippen MR) is 81.4 cm³/mol. The van der Waals surface area contributed by atoms with Gasteiger partial charge in [-0.3, -0.25) is 19.9 Å². The van der Waals surface area contributed by atoms with Gasteiger partial charge >= 0.3 is 0 Å². The van der Waals surface area contributed by atoms with Crippen LogP contribution in [-0.4, -0.2) is 43.0 Å². The third-order valence-corrected chi connectivity index (χ3v) is 4.04. The lowest BCUT2D eigenvalue weighted by molar-refractivity contribution is -0.122. The Morgan fingerprint density at radius 2 is 2.30 bits per heavy atom. The van der Waals surface area contributed by atoms with Crippen LogP contribution in [0.3, 0.4) is 0 Å². The van der Waals surface area contributed by atoms with Crippen molar-refractivity contribution in [3.05, 3.63) is 41.2 Å². The van der Waals surface area contributed by atoms with Gasteiger partial charge in [0.15, 0.2) is 0 Å². The molecule has 3 rings (SSSR count). The summed E-state index contributed by atoms with van der Waals surface area (Å²) in [6.07, 6.45) is 2.30. The quantitative estimate of drug-likeness (QED) is 0.786. The molecule has 1 atom stereocenters. The summed E-state index contributed by atoms with van der Waals surface area (Å²) in [5.74, 6) is -0.356. The molecule has 2 amide bonds. The largest absolute Gasteiger partial charge is 0.353 e. The number of rotatable bonds is 5.